The van der Waals surface area contributed by atoms with E-state index < -0.39 is 52.9 Å². The molecule has 0 saturated heterocycles. The van der Waals surface area contributed by atoms with Crippen LogP contribution in [0.1, 0.15) is 33.6 Å². The lowest BCUT2D eigenvalue weighted by atomic mass is 10.2. The highest BCUT2D eigenvalue weighted by atomic mass is 32.2. The molecule has 1 amide bonds. The first-order valence-electron chi connectivity index (χ1n) is 12.1. The number of hydrogen-bond donors (Lipinski definition) is 2. The van der Waals surface area contributed by atoms with Crippen LogP contribution in [0, 0.1) is 0 Å². The number of fused-ring (bicyclic) bond motifs is 1. The van der Waals surface area contributed by atoms with Crippen molar-refractivity contribution in [3.63, 3.8) is 0 Å². The van der Waals surface area contributed by atoms with Crippen LogP contribution >= 0.6 is 0 Å². The smallest absolute Gasteiger partial charge is 0.412 e. The van der Waals surface area contributed by atoms with E-state index in [4.69, 9.17) is 9.47 Å². The van der Waals surface area contributed by atoms with Gasteiger partial charge in [-0.3, -0.25) is 9.62 Å². The van der Waals surface area contributed by atoms with Gasteiger partial charge in [0.25, 0.3) is 10.0 Å². The number of rotatable bonds is 8. The maximum Gasteiger partial charge on any atom is 0.412 e. The number of hydrogen-bond acceptors (Lipinski definition) is 9. The Morgan fingerprint density at radius 2 is 1.69 bits per heavy atom. The number of ether oxygens (including phenoxy) is 2. The summed E-state index contributed by atoms with van der Waals surface area (Å²) in [5.41, 5.74) is -0.457. The molecule has 12 nitrogen and oxygen atoms in total. The van der Waals surface area contributed by atoms with Gasteiger partial charge in [0.1, 0.15) is 17.5 Å². The average Bonchev–Trinajstić information content (AvgIpc) is 3.67. The number of sulfone groups is 1. The Kier molecular flexibility index (Phi) is 7.66. The van der Waals surface area contributed by atoms with Crippen molar-refractivity contribution in [3.05, 3.63) is 42.5 Å². The first kappa shape index (κ1) is 29.1. The molecular formula is C24H31N3O9S3. The molecule has 0 bridgehead atoms. The van der Waals surface area contributed by atoms with Crippen LogP contribution in [0.2, 0.25) is 0 Å². The summed E-state index contributed by atoms with van der Waals surface area (Å²) in [4.78, 5) is 11.8. The number of nitrogens with zero attached hydrogens (tertiary/aromatic N) is 1. The van der Waals surface area contributed by atoms with Crippen molar-refractivity contribution in [2.45, 2.75) is 60.4 Å². The minimum atomic E-state index is -4.36. The molecule has 1 heterocycles. The number of sulfonamides is 2. The fraction of sp³-hybridized carbons (Fsp3) is 0.458. The van der Waals surface area contributed by atoms with Crippen molar-refractivity contribution in [1.82, 2.24) is 4.72 Å². The Bertz CT molecular complexity index is 1590. The summed E-state index contributed by atoms with van der Waals surface area (Å²) in [6.07, 6.45) is 0.465. The summed E-state index contributed by atoms with van der Waals surface area (Å²) in [5, 5.41) is 2.09. The molecule has 214 valence electrons. The molecule has 1 aliphatic heterocycles. The Morgan fingerprint density at radius 3 is 2.31 bits per heavy atom. The molecule has 0 radical (unpaired) electrons. The second-order valence-electron chi connectivity index (χ2n) is 10.4. The molecule has 2 N–H and O–H groups in total. The van der Waals surface area contributed by atoms with Gasteiger partial charge in [-0.05, 0) is 70.0 Å². The molecule has 0 spiro atoms. The lowest BCUT2D eigenvalue weighted by Crippen LogP contribution is -2.48. The van der Waals surface area contributed by atoms with Crippen molar-refractivity contribution < 1.29 is 39.5 Å². The zero-order valence-corrected chi connectivity index (χ0v) is 24.3. The fourth-order valence-corrected chi connectivity index (χ4v) is 7.54. The van der Waals surface area contributed by atoms with E-state index in [0.29, 0.717) is 12.8 Å². The van der Waals surface area contributed by atoms with Crippen LogP contribution in [0.3, 0.4) is 0 Å². The van der Waals surface area contributed by atoms with Crippen molar-refractivity contribution >= 4 is 47.4 Å². The topological polar surface area (TPSA) is 165 Å². The van der Waals surface area contributed by atoms with Crippen molar-refractivity contribution in [1.29, 1.82) is 0 Å². The monoisotopic (exact) mass is 601 g/mol. The molecule has 0 unspecified atom stereocenters. The highest BCUT2D eigenvalue weighted by Crippen LogP contribution is 2.39. The summed E-state index contributed by atoms with van der Waals surface area (Å²) in [5.74, 6) is 0.134. The Balaban J connectivity index is 1.70. The summed E-state index contributed by atoms with van der Waals surface area (Å²) >= 11 is 0. The minimum Gasteiger partial charge on any atom is -0.485 e. The molecule has 4 rings (SSSR count). The fourth-order valence-electron chi connectivity index (χ4n) is 3.84. The number of nitrogens with one attached hydrogen (secondary N) is 2. The third-order valence-corrected chi connectivity index (χ3v) is 10.6. The lowest BCUT2D eigenvalue weighted by Gasteiger charge is -2.36. The molecule has 0 aromatic heterocycles. The summed E-state index contributed by atoms with van der Waals surface area (Å²) in [6.45, 7) is 4.64. The summed E-state index contributed by atoms with van der Waals surface area (Å²) in [7, 11) is -11.6. The van der Waals surface area contributed by atoms with E-state index >= 15 is 0 Å². The molecule has 1 aliphatic carbocycles. The maximum atomic E-state index is 13.8. The van der Waals surface area contributed by atoms with Crippen LogP contribution in [-0.4, -0.2) is 67.6 Å². The number of benzene rings is 2. The molecule has 1 saturated carbocycles. The molecule has 2 aromatic rings. The average molecular weight is 602 g/mol. The van der Waals surface area contributed by atoms with Gasteiger partial charge in [0.15, 0.2) is 9.84 Å². The first-order chi connectivity index (χ1) is 18.0. The van der Waals surface area contributed by atoms with Gasteiger partial charge in [-0.1, -0.05) is 6.07 Å². The van der Waals surface area contributed by atoms with Crippen molar-refractivity contribution in [2.75, 3.05) is 29.0 Å². The van der Waals surface area contributed by atoms with Crippen LogP contribution in [0.15, 0.2) is 52.3 Å². The van der Waals surface area contributed by atoms with Gasteiger partial charge < -0.3 is 9.47 Å². The number of amides is 1. The molecule has 2 aliphatic rings. The molecular weight excluding hydrogens is 570 g/mol. The minimum absolute atomic E-state index is 0.0783. The highest BCUT2D eigenvalue weighted by molar-refractivity contribution is 7.93. The van der Waals surface area contributed by atoms with Gasteiger partial charge in [-0.25, -0.2) is 34.8 Å². The van der Waals surface area contributed by atoms with E-state index in [1.807, 2.05) is 0 Å². The van der Waals surface area contributed by atoms with Gasteiger partial charge in [-0.15, -0.1) is 0 Å². The molecule has 1 fully saturated rings. The van der Waals surface area contributed by atoms with Crippen LogP contribution < -0.4 is 19.1 Å². The van der Waals surface area contributed by atoms with E-state index in [2.05, 4.69) is 10.0 Å². The van der Waals surface area contributed by atoms with Crippen LogP contribution in [0.25, 0.3) is 0 Å². The Morgan fingerprint density at radius 1 is 1.03 bits per heavy atom. The predicted molar refractivity (Wildman–Crippen MR) is 145 cm³/mol. The van der Waals surface area contributed by atoms with Crippen LogP contribution in [0.5, 0.6) is 5.75 Å². The number of anilines is 2. The van der Waals surface area contributed by atoms with E-state index in [9.17, 15) is 30.0 Å². The summed E-state index contributed by atoms with van der Waals surface area (Å²) in [6, 6.07) is 9.29. The highest BCUT2D eigenvalue weighted by Gasteiger charge is 2.39. The van der Waals surface area contributed by atoms with Gasteiger partial charge in [-0.2, -0.15) is 0 Å². The second kappa shape index (κ2) is 10.3. The normalized spacial score (nSPS) is 18.2. The number of carbonyl (C=O) groups is 1. The van der Waals surface area contributed by atoms with Gasteiger partial charge in [0.05, 0.1) is 27.3 Å². The number of carbonyl (C=O) groups excluding carboxylic acids is 1. The third kappa shape index (κ3) is 7.01. The molecule has 1 atom stereocenters. The molecule has 39 heavy (non-hydrogen) atoms. The third-order valence-electron chi connectivity index (χ3n) is 5.83. The molecule has 2 aromatic carbocycles. The quantitative estimate of drug-likeness (QED) is 0.462. The lowest BCUT2D eigenvalue weighted by molar-refractivity contribution is 0.0636. The van der Waals surface area contributed by atoms with Crippen molar-refractivity contribution in [2.24, 2.45) is 0 Å². The van der Waals surface area contributed by atoms with Gasteiger partial charge in [0, 0.05) is 18.5 Å². The standard InChI is InChI=1S/C24H31N3O9S3/c1-24(2,3)36-23(28)26-16-8-11-22-21(12-16)27(15-17(35-22)14-25-38(31,32)18-9-10-18)39(33,34)20-7-5-6-19(13-20)37(4,29)30/h5-8,11-13,17-18,25H,9-10,14-15H2,1-4H3,(H,26,28)/t17-/m0/s1. The maximum absolute atomic E-state index is 13.8. The van der Waals surface area contributed by atoms with Crippen LogP contribution in [0.4, 0.5) is 16.2 Å². The van der Waals surface area contributed by atoms with E-state index in [1.165, 1.54) is 36.4 Å². The zero-order chi connectivity index (χ0) is 28.8. The largest absolute Gasteiger partial charge is 0.485 e. The SMILES string of the molecule is CC(C)(C)OC(=O)Nc1ccc2c(c1)N(S(=O)(=O)c1cccc(S(C)(=O)=O)c1)C[C@H](CNS(=O)(=O)C1CC1)O2. The summed E-state index contributed by atoms with van der Waals surface area (Å²) < 4.78 is 91.3. The Hall–Kier alpha value is -2.88. The van der Waals surface area contributed by atoms with E-state index in [-0.39, 0.29) is 40.0 Å². The Labute approximate surface area is 228 Å². The predicted octanol–water partition coefficient (Wildman–Crippen LogP) is 2.48. The van der Waals surface area contributed by atoms with Gasteiger partial charge in [0.2, 0.25) is 10.0 Å². The zero-order valence-electron chi connectivity index (χ0n) is 21.9. The van der Waals surface area contributed by atoms with Gasteiger partial charge >= 0.3 is 6.09 Å². The first-order valence-corrected chi connectivity index (χ1v) is 17.0. The second-order valence-corrected chi connectivity index (χ2v) is 16.3. The van der Waals surface area contributed by atoms with Crippen LogP contribution in [-0.2, 0) is 34.6 Å². The molecule has 15 heteroatoms. The van der Waals surface area contributed by atoms with E-state index in [1.54, 1.807) is 20.8 Å². The van der Waals surface area contributed by atoms with E-state index in [0.717, 1.165) is 16.6 Å². The van der Waals surface area contributed by atoms with Crippen molar-refractivity contribution in [3.8, 4) is 5.75 Å².